The summed E-state index contributed by atoms with van der Waals surface area (Å²) < 4.78 is 5.34. The molecule has 1 aromatic rings. The molecule has 1 aliphatic rings. The van der Waals surface area contributed by atoms with Gasteiger partial charge in [-0.05, 0) is 25.7 Å². The molecule has 0 bridgehead atoms. The van der Waals surface area contributed by atoms with E-state index < -0.39 is 0 Å². The molecule has 1 unspecified atom stereocenters. The summed E-state index contributed by atoms with van der Waals surface area (Å²) in [6, 6.07) is 0.893. The molecule has 0 aliphatic heterocycles. The van der Waals surface area contributed by atoms with Gasteiger partial charge in [-0.25, -0.2) is 0 Å². The molecule has 5 nitrogen and oxygen atoms in total. The van der Waals surface area contributed by atoms with Crippen molar-refractivity contribution < 1.29 is 4.42 Å². The third-order valence-electron chi connectivity index (χ3n) is 3.35. The molecular weight excluding hydrogens is 204 g/mol. The highest BCUT2D eigenvalue weighted by molar-refractivity contribution is 5.19. The number of hydrogen-bond donors (Lipinski definition) is 2. The van der Waals surface area contributed by atoms with Crippen LogP contribution in [-0.2, 0) is 6.54 Å². The van der Waals surface area contributed by atoms with Crippen LogP contribution in [0.3, 0.4) is 0 Å². The first-order valence-corrected chi connectivity index (χ1v) is 6.08. The second kappa shape index (κ2) is 5.30. The fraction of sp³-hybridized carbons (Fsp3) is 0.818. The number of nitrogens with zero attached hydrogens (tertiary/aromatic N) is 2. The normalized spacial score (nSPS) is 19.6. The van der Waals surface area contributed by atoms with Crippen LogP contribution in [0.25, 0.3) is 0 Å². The lowest BCUT2D eigenvalue weighted by atomic mass is 9.85. The molecule has 90 valence electrons. The van der Waals surface area contributed by atoms with Crippen LogP contribution in [0.4, 0.5) is 6.01 Å². The summed E-state index contributed by atoms with van der Waals surface area (Å²) in [6.45, 7) is 2.48. The van der Waals surface area contributed by atoms with Crippen LogP contribution in [-0.4, -0.2) is 16.2 Å². The number of rotatable bonds is 4. The molecular formula is C11H20N4O. The molecule has 2 rings (SSSR count). The molecule has 5 heteroatoms. The fourth-order valence-corrected chi connectivity index (χ4v) is 2.34. The van der Waals surface area contributed by atoms with Gasteiger partial charge in [-0.2, -0.15) is 0 Å². The quantitative estimate of drug-likeness (QED) is 0.817. The molecule has 0 saturated heterocycles. The SMILES string of the molecule is CC(Nc1nnc(CN)o1)C1CCCCC1. The Kier molecular flexibility index (Phi) is 3.77. The predicted molar refractivity (Wildman–Crippen MR) is 61.8 cm³/mol. The Balaban J connectivity index is 1.87. The van der Waals surface area contributed by atoms with Gasteiger partial charge in [0, 0.05) is 6.04 Å². The van der Waals surface area contributed by atoms with Gasteiger partial charge in [-0.1, -0.05) is 24.4 Å². The number of anilines is 1. The van der Waals surface area contributed by atoms with Crippen molar-refractivity contribution in [2.75, 3.05) is 5.32 Å². The topological polar surface area (TPSA) is 77.0 Å². The molecule has 0 amide bonds. The van der Waals surface area contributed by atoms with Gasteiger partial charge in [-0.3, -0.25) is 0 Å². The van der Waals surface area contributed by atoms with Crippen molar-refractivity contribution >= 4 is 6.01 Å². The summed E-state index contributed by atoms with van der Waals surface area (Å²) in [5.41, 5.74) is 5.41. The summed E-state index contributed by atoms with van der Waals surface area (Å²) in [5, 5.41) is 11.0. The van der Waals surface area contributed by atoms with Gasteiger partial charge in [-0.15, -0.1) is 5.10 Å². The van der Waals surface area contributed by atoms with Crippen molar-refractivity contribution in [3.63, 3.8) is 0 Å². The fourth-order valence-electron chi connectivity index (χ4n) is 2.34. The van der Waals surface area contributed by atoms with Crippen LogP contribution in [0.5, 0.6) is 0 Å². The molecule has 1 saturated carbocycles. The van der Waals surface area contributed by atoms with Gasteiger partial charge in [0.1, 0.15) is 0 Å². The van der Waals surface area contributed by atoms with Crippen molar-refractivity contribution in [3.05, 3.63) is 5.89 Å². The second-order valence-corrected chi connectivity index (χ2v) is 4.54. The van der Waals surface area contributed by atoms with Crippen LogP contribution in [0.15, 0.2) is 4.42 Å². The van der Waals surface area contributed by atoms with Gasteiger partial charge in [0.2, 0.25) is 5.89 Å². The maximum Gasteiger partial charge on any atom is 0.315 e. The zero-order valence-corrected chi connectivity index (χ0v) is 9.78. The molecule has 16 heavy (non-hydrogen) atoms. The highest BCUT2D eigenvalue weighted by atomic mass is 16.4. The Hall–Kier alpha value is -1.10. The summed E-state index contributed by atoms with van der Waals surface area (Å²) in [7, 11) is 0. The molecule has 0 aromatic carbocycles. The first-order valence-electron chi connectivity index (χ1n) is 6.08. The number of nitrogens with one attached hydrogen (secondary N) is 1. The summed E-state index contributed by atoms with van der Waals surface area (Å²) in [4.78, 5) is 0. The predicted octanol–water partition coefficient (Wildman–Crippen LogP) is 1.91. The maximum atomic E-state index is 5.41. The van der Waals surface area contributed by atoms with E-state index in [-0.39, 0.29) is 0 Å². The Bertz CT molecular complexity index is 320. The molecule has 0 spiro atoms. The van der Waals surface area contributed by atoms with Crippen molar-refractivity contribution in [3.8, 4) is 0 Å². The second-order valence-electron chi connectivity index (χ2n) is 4.54. The first-order chi connectivity index (χ1) is 7.79. The first kappa shape index (κ1) is 11.4. The standard InChI is InChI=1S/C11H20N4O/c1-8(9-5-3-2-4-6-9)13-11-15-14-10(7-12)16-11/h8-9H,2-7,12H2,1H3,(H,13,15). The molecule has 1 aliphatic carbocycles. The Morgan fingerprint density at radius 3 is 2.75 bits per heavy atom. The number of aromatic nitrogens is 2. The van der Waals surface area contributed by atoms with E-state index in [9.17, 15) is 0 Å². The van der Waals surface area contributed by atoms with E-state index in [2.05, 4.69) is 22.4 Å². The minimum Gasteiger partial charge on any atom is -0.407 e. The van der Waals surface area contributed by atoms with Crippen molar-refractivity contribution in [1.29, 1.82) is 0 Å². The van der Waals surface area contributed by atoms with Crippen molar-refractivity contribution in [1.82, 2.24) is 10.2 Å². The van der Waals surface area contributed by atoms with Crippen LogP contribution < -0.4 is 11.1 Å². The zero-order chi connectivity index (χ0) is 11.4. The number of nitrogens with two attached hydrogens (primary N) is 1. The lowest BCUT2D eigenvalue weighted by molar-refractivity contribution is 0.324. The van der Waals surface area contributed by atoms with Gasteiger partial charge in [0.15, 0.2) is 0 Å². The molecule has 1 heterocycles. The molecule has 1 aromatic heterocycles. The smallest absolute Gasteiger partial charge is 0.315 e. The van der Waals surface area contributed by atoms with Crippen LogP contribution in [0.1, 0.15) is 44.9 Å². The number of hydrogen-bond acceptors (Lipinski definition) is 5. The van der Waals surface area contributed by atoms with Crippen LogP contribution in [0, 0.1) is 5.92 Å². The van der Waals surface area contributed by atoms with Crippen LogP contribution >= 0.6 is 0 Å². The third kappa shape index (κ3) is 2.72. The molecule has 1 fully saturated rings. The third-order valence-corrected chi connectivity index (χ3v) is 3.35. The van der Waals surface area contributed by atoms with E-state index in [1.807, 2.05) is 0 Å². The van der Waals surface area contributed by atoms with Gasteiger partial charge >= 0.3 is 6.01 Å². The minimum atomic E-state index is 0.298. The average molecular weight is 224 g/mol. The average Bonchev–Trinajstić information content (AvgIpc) is 2.78. The van der Waals surface area contributed by atoms with E-state index >= 15 is 0 Å². The Morgan fingerprint density at radius 2 is 2.12 bits per heavy atom. The van der Waals surface area contributed by atoms with Gasteiger partial charge < -0.3 is 15.5 Å². The van der Waals surface area contributed by atoms with Crippen LogP contribution in [0.2, 0.25) is 0 Å². The van der Waals surface area contributed by atoms with Crippen molar-refractivity contribution in [2.24, 2.45) is 11.7 Å². The summed E-state index contributed by atoms with van der Waals surface area (Å²) >= 11 is 0. The summed E-state index contributed by atoms with van der Waals surface area (Å²) in [6.07, 6.45) is 6.66. The lowest BCUT2D eigenvalue weighted by Gasteiger charge is -2.27. The Labute approximate surface area is 95.8 Å². The molecule has 3 N–H and O–H groups in total. The minimum absolute atomic E-state index is 0.298. The molecule has 0 radical (unpaired) electrons. The van der Waals surface area contributed by atoms with E-state index in [0.29, 0.717) is 24.5 Å². The Morgan fingerprint density at radius 1 is 1.38 bits per heavy atom. The monoisotopic (exact) mass is 224 g/mol. The van der Waals surface area contributed by atoms with E-state index in [1.54, 1.807) is 0 Å². The lowest BCUT2D eigenvalue weighted by Crippen LogP contribution is -2.27. The van der Waals surface area contributed by atoms with E-state index in [4.69, 9.17) is 10.2 Å². The highest BCUT2D eigenvalue weighted by Crippen LogP contribution is 2.27. The van der Waals surface area contributed by atoms with Gasteiger partial charge in [0.05, 0.1) is 6.54 Å². The largest absolute Gasteiger partial charge is 0.407 e. The van der Waals surface area contributed by atoms with Gasteiger partial charge in [0.25, 0.3) is 0 Å². The zero-order valence-electron chi connectivity index (χ0n) is 9.78. The summed E-state index contributed by atoms with van der Waals surface area (Å²) in [5.74, 6) is 1.21. The maximum absolute atomic E-state index is 5.41. The molecule has 1 atom stereocenters. The van der Waals surface area contributed by atoms with Crippen molar-refractivity contribution in [2.45, 2.75) is 51.6 Å². The highest BCUT2D eigenvalue weighted by Gasteiger charge is 2.21. The van der Waals surface area contributed by atoms with E-state index in [1.165, 1.54) is 32.1 Å². The van der Waals surface area contributed by atoms with E-state index in [0.717, 1.165) is 5.92 Å².